The molecule has 4 heterocycles. The molecule has 5 amide bonds. The minimum Gasteiger partial charge on any atom is -0.394 e. The number of carbonyl (C=O) groups excluding carboxylic acids is 5. The first-order valence-electron chi connectivity index (χ1n) is 24.0. The van der Waals surface area contributed by atoms with Gasteiger partial charge in [-0.05, 0) is 19.8 Å². The van der Waals surface area contributed by atoms with Gasteiger partial charge in [0.15, 0.2) is 25.2 Å². The van der Waals surface area contributed by atoms with E-state index in [1.165, 1.54) is 11.8 Å². The number of hydrogen-bond acceptors (Lipinski definition) is 27. The number of hydrogen-bond donors (Lipinski definition) is 18. The first kappa shape index (κ1) is 63.0. The second kappa shape index (κ2) is 31.0. The van der Waals surface area contributed by atoms with E-state index in [0.717, 1.165) is 0 Å². The van der Waals surface area contributed by atoms with Crippen molar-refractivity contribution < 1.29 is 128 Å². The van der Waals surface area contributed by atoms with Gasteiger partial charge in [0.1, 0.15) is 91.6 Å². The zero-order valence-electron chi connectivity index (χ0n) is 40.5. The average Bonchev–Trinajstić information content (AvgIpc) is 3.36. The molecule has 74 heavy (non-hydrogen) atoms. The van der Waals surface area contributed by atoms with Crippen molar-refractivity contribution in [1.82, 2.24) is 26.2 Å². The molecule has 0 radical (unpaired) electrons. The molecule has 4 fully saturated rings. The van der Waals surface area contributed by atoms with Crippen LogP contribution >= 0.6 is 0 Å². The van der Waals surface area contributed by atoms with Crippen LogP contribution in [0.1, 0.15) is 32.6 Å². The Morgan fingerprint density at radius 3 is 1.38 bits per heavy atom. The fourth-order valence-corrected chi connectivity index (χ4v) is 7.99. The molecule has 428 valence electrons. The Morgan fingerprint density at radius 1 is 0.473 bits per heavy atom. The topological polar surface area (TPSA) is 500 Å². The van der Waals surface area contributed by atoms with E-state index in [1.807, 2.05) is 0 Å². The molecule has 20 atom stereocenters. The SMILES string of the molecule is C[C@@H]1O[C@@H](OCCNC(=O)CCCNC(=O)CN(CC(N)=O)CC(=O)NCCCC(=O)NCCO[C@H]2O[C@H](CO[C@H]3O[C@H](CO)[C@@H](O)[C@H](O)[C@@H]3O)[C@@H](O)[C@H](O[C@H]3O[C@H](CO)[C@@H](O)[C@H](O)[C@@H]3O)[C@@H]2O)[C@@H](O)[C@H](O)[C@@H]1O. The van der Waals surface area contributed by atoms with Crippen LogP contribution in [0.25, 0.3) is 0 Å². The number of amides is 5. The Bertz CT molecular complexity index is 1750. The summed E-state index contributed by atoms with van der Waals surface area (Å²) < 4.78 is 43.9. The molecule has 32 heteroatoms. The number of ether oxygens (including phenoxy) is 8. The molecule has 4 aliphatic rings. The van der Waals surface area contributed by atoms with Crippen LogP contribution in [-0.2, 0) is 61.9 Å². The van der Waals surface area contributed by atoms with Crippen molar-refractivity contribution in [2.45, 2.75) is 155 Å². The van der Waals surface area contributed by atoms with Gasteiger partial charge in [0.25, 0.3) is 0 Å². The summed E-state index contributed by atoms with van der Waals surface area (Å²) in [5, 5.41) is 143. The van der Waals surface area contributed by atoms with Crippen LogP contribution in [0.2, 0.25) is 0 Å². The van der Waals surface area contributed by atoms with E-state index in [9.17, 15) is 90.4 Å². The maximum absolute atomic E-state index is 12.7. The molecule has 0 aliphatic carbocycles. The van der Waals surface area contributed by atoms with E-state index < -0.39 is 186 Å². The number of nitrogens with two attached hydrogens (primary N) is 1. The number of aliphatic hydroxyl groups is 13. The Hall–Kier alpha value is -3.53. The molecule has 0 aromatic carbocycles. The summed E-state index contributed by atoms with van der Waals surface area (Å²) in [6, 6.07) is 0. The van der Waals surface area contributed by atoms with Gasteiger partial charge in [-0.2, -0.15) is 0 Å². The molecule has 4 saturated heterocycles. The van der Waals surface area contributed by atoms with Gasteiger partial charge >= 0.3 is 0 Å². The lowest BCUT2D eigenvalue weighted by molar-refractivity contribution is -0.366. The van der Waals surface area contributed by atoms with Crippen molar-refractivity contribution in [2.75, 3.05) is 78.8 Å². The van der Waals surface area contributed by atoms with Gasteiger partial charge in [0.2, 0.25) is 29.5 Å². The third-order valence-electron chi connectivity index (χ3n) is 12.2. The van der Waals surface area contributed by atoms with Crippen molar-refractivity contribution >= 4 is 29.5 Å². The lowest BCUT2D eigenvalue weighted by Crippen LogP contribution is -2.65. The molecule has 4 rings (SSSR count). The number of aliphatic hydroxyl groups excluding tert-OH is 13. The van der Waals surface area contributed by atoms with Crippen molar-refractivity contribution in [1.29, 1.82) is 0 Å². The van der Waals surface area contributed by atoms with Gasteiger partial charge < -0.3 is 131 Å². The lowest BCUT2D eigenvalue weighted by Gasteiger charge is -2.46. The zero-order chi connectivity index (χ0) is 54.8. The van der Waals surface area contributed by atoms with Gasteiger partial charge in [-0.3, -0.25) is 28.9 Å². The standard InChI is InChI=1S/C42H74N6O26/c1-18-27(56)31(60)34(63)39(70-18)67-10-8-46-23(52)4-2-6-44-25(54)13-48(12-22(43)51)14-26(55)45-7-3-5-24(53)47-9-11-68-41-37(66)38(74-42-36(65)33(62)29(58)20(16-50)72-42)30(59)21(73-41)17-69-40-35(64)32(61)28(57)19(15-49)71-40/h18-21,27-42,49-50,56-66H,2-17H2,1H3,(H2,43,51)(H,44,54)(H,45,55)(H,46,52)(H,47,53)/t18-,19+,20+,21+,27+,28+,29+,30+,31+,32-,33-,34-,35-,36-,37-,38-,39+,40-,41-,42+/m0/s1. The molecule has 19 N–H and O–H groups in total. The van der Waals surface area contributed by atoms with E-state index >= 15 is 0 Å². The minimum atomic E-state index is -1.95. The van der Waals surface area contributed by atoms with Gasteiger partial charge in [0, 0.05) is 39.0 Å². The first-order valence-corrected chi connectivity index (χ1v) is 24.0. The molecule has 0 aromatic rings. The van der Waals surface area contributed by atoms with E-state index in [-0.39, 0.29) is 71.0 Å². The van der Waals surface area contributed by atoms with Crippen LogP contribution in [-0.4, -0.2) is 302 Å². The first-order chi connectivity index (χ1) is 35.1. The van der Waals surface area contributed by atoms with Crippen LogP contribution in [0, 0.1) is 0 Å². The van der Waals surface area contributed by atoms with E-state index in [1.54, 1.807) is 0 Å². The molecular formula is C42H74N6O26. The number of carbonyl (C=O) groups is 5. The van der Waals surface area contributed by atoms with E-state index in [4.69, 9.17) is 43.6 Å². The number of primary amides is 1. The van der Waals surface area contributed by atoms with Crippen LogP contribution in [0.15, 0.2) is 0 Å². The minimum absolute atomic E-state index is 0.00315. The van der Waals surface area contributed by atoms with E-state index in [0.29, 0.717) is 0 Å². The summed E-state index contributed by atoms with van der Waals surface area (Å²) in [6.45, 7) is -2.50. The maximum Gasteiger partial charge on any atom is 0.234 e. The van der Waals surface area contributed by atoms with Crippen molar-refractivity contribution in [2.24, 2.45) is 5.73 Å². The molecule has 4 aliphatic heterocycles. The summed E-state index contributed by atoms with van der Waals surface area (Å²) in [6.07, 6.45) is -31.9. The molecule has 0 saturated carbocycles. The normalized spacial score (nSPS) is 36.5. The lowest BCUT2D eigenvalue weighted by atomic mass is 9.96. The molecule has 0 bridgehead atoms. The molecule has 32 nitrogen and oxygen atoms in total. The second-order valence-corrected chi connectivity index (χ2v) is 18.0. The highest BCUT2D eigenvalue weighted by Gasteiger charge is 2.52. The van der Waals surface area contributed by atoms with Crippen molar-refractivity contribution in [3.05, 3.63) is 0 Å². The Balaban J connectivity index is 1.16. The Kier molecular flexibility index (Phi) is 26.4. The van der Waals surface area contributed by atoms with E-state index in [2.05, 4.69) is 21.3 Å². The Labute approximate surface area is 423 Å². The van der Waals surface area contributed by atoms with Gasteiger partial charge in [0.05, 0.1) is 58.8 Å². The molecule has 0 aromatic heterocycles. The second-order valence-electron chi connectivity index (χ2n) is 18.0. The molecule has 0 unspecified atom stereocenters. The predicted molar refractivity (Wildman–Crippen MR) is 239 cm³/mol. The zero-order valence-corrected chi connectivity index (χ0v) is 40.5. The highest BCUT2D eigenvalue weighted by Crippen LogP contribution is 2.31. The quantitative estimate of drug-likeness (QED) is 0.0309. The summed E-state index contributed by atoms with van der Waals surface area (Å²) in [7, 11) is 0. The van der Waals surface area contributed by atoms with Crippen LogP contribution < -0.4 is 27.0 Å². The molecular weight excluding hydrogens is 1000 g/mol. The smallest absolute Gasteiger partial charge is 0.234 e. The fraction of sp³-hybridized carbons (Fsp3) is 0.881. The Morgan fingerprint density at radius 2 is 0.892 bits per heavy atom. The number of nitrogens with one attached hydrogen (secondary N) is 4. The maximum atomic E-state index is 12.7. The summed E-state index contributed by atoms with van der Waals surface area (Å²) in [5.41, 5.74) is 5.30. The highest BCUT2D eigenvalue weighted by molar-refractivity contribution is 5.83. The molecule has 0 spiro atoms. The fourth-order valence-electron chi connectivity index (χ4n) is 7.99. The van der Waals surface area contributed by atoms with Crippen LogP contribution in [0.3, 0.4) is 0 Å². The summed E-state index contributed by atoms with van der Waals surface area (Å²) in [4.78, 5) is 62.9. The largest absolute Gasteiger partial charge is 0.394 e. The highest BCUT2D eigenvalue weighted by atomic mass is 16.8. The van der Waals surface area contributed by atoms with Gasteiger partial charge in [-0.25, -0.2) is 0 Å². The monoisotopic (exact) mass is 1080 g/mol. The van der Waals surface area contributed by atoms with Gasteiger partial charge in [-0.1, -0.05) is 0 Å². The average molecular weight is 1080 g/mol. The number of rotatable bonds is 29. The third-order valence-corrected chi connectivity index (χ3v) is 12.2. The summed E-state index contributed by atoms with van der Waals surface area (Å²) >= 11 is 0. The van der Waals surface area contributed by atoms with Gasteiger partial charge in [-0.15, -0.1) is 0 Å². The van der Waals surface area contributed by atoms with Crippen molar-refractivity contribution in [3.63, 3.8) is 0 Å². The van der Waals surface area contributed by atoms with Crippen LogP contribution in [0.4, 0.5) is 0 Å². The summed E-state index contributed by atoms with van der Waals surface area (Å²) in [5.74, 6) is -2.85. The van der Waals surface area contributed by atoms with Crippen LogP contribution in [0.5, 0.6) is 0 Å². The third kappa shape index (κ3) is 18.6. The predicted octanol–water partition coefficient (Wildman–Crippen LogP) is -11.9. The number of nitrogens with zero attached hydrogens (tertiary/aromatic N) is 1. The van der Waals surface area contributed by atoms with Crippen molar-refractivity contribution in [3.8, 4) is 0 Å².